The van der Waals surface area contributed by atoms with Gasteiger partial charge in [0.2, 0.25) is 21.9 Å². The minimum Gasteiger partial charge on any atom is -0.325 e. The molecule has 0 unspecified atom stereocenters. The van der Waals surface area contributed by atoms with E-state index in [2.05, 4.69) is 25.3 Å². The van der Waals surface area contributed by atoms with Crippen LogP contribution in [0.2, 0.25) is 0 Å². The molecule has 0 spiro atoms. The Morgan fingerprint density at radius 1 is 1.18 bits per heavy atom. The second-order valence-electron chi connectivity index (χ2n) is 7.57. The predicted molar refractivity (Wildman–Crippen MR) is 121 cm³/mol. The number of hydrogen-bond acceptors (Lipinski definition) is 7. The highest BCUT2D eigenvalue weighted by Crippen LogP contribution is 2.29. The van der Waals surface area contributed by atoms with Gasteiger partial charge in [0.1, 0.15) is 0 Å². The Bertz CT molecular complexity index is 1350. The number of carbonyl (C=O) groups is 1. The van der Waals surface area contributed by atoms with Crippen LogP contribution < -0.4 is 20.3 Å². The number of sulfonamides is 1. The summed E-state index contributed by atoms with van der Waals surface area (Å²) in [4.78, 5) is 19.7. The molecule has 0 fully saturated rings. The summed E-state index contributed by atoms with van der Waals surface area (Å²) in [7, 11) is -3.56. The molecule has 0 aliphatic carbocycles. The van der Waals surface area contributed by atoms with Crippen LogP contribution in [0.3, 0.4) is 0 Å². The van der Waals surface area contributed by atoms with Crippen LogP contribution in [0.4, 0.5) is 42.0 Å². The minimum atomic E-state index is -3.56. The quantitative estimate of drug-likeness (QED) is 0.413. The Hall–Kier alpha value is -3.87. The van der Waals surface area contributed by atoms with Gasteiger partial charge in [-0.1, -0.05) is 18.2 Å². The van der Waals surface area contributed by atoms with Gasteiger partial charge in [0.15, 0.2) is 11.6 Å². The van der Waals surface area contributed by atoms with E-state index in [1.54, 1.807) is 18.2 Å². The lowest BCUT2D eigenvalue weighted by Crippen LogP contribution is -2.30. The highest BCUT2D eigenvalue weighted by atomic mass is 32.2. The van der Waals surface area contributed by atoms with Crippen molar-refractivity contribution in [1.82, 2.24) is 9.97 Å². The van der Waals surface area contributed by atoms with E-state index in [4.69, 9.17) is 0 Å². The van der Waals surface area contributed by atoms with Crippen molar-refractivity contribution in [1.29, 1.82) is 0 Å². The molecule has 1 amide bonds. The molecule has 1 aromatic heterocycles. The van der Waals surface area contributed by atoms with E-state index in [9.17, 15) is 26.4 Å². The van der Waals surface area contributed by atoms with Gasteiger partial charge in [-0.05, 0) is 35.4 Å². The highest BCUT2D eigenvalue weighted by molar-refractivity contribution is 7.92. The fourth-order valence-corrected chi connectivity index (χ4v) is 3.98. The average molecular weight is 492 g/mol. The summed E-state index contributed by atoms with van der Waals surface area (Å²) >= 11 is 0. The molecule has 0 bridgehead atoms. The van der Waals surface area contributed by atoms with Gasteiger partial charge in [-0.15, -0.1) is 0 Å². The lowest BCUT2D eigenvalue weighted by molar-refractivity contribution is -0.115. The number of nitrogens with one attached hydrogen (secondary N) is 3. The molecule has 0 saturated carbocycles. The molecule has 13 heteroatoms. The molecule has 1 aliphatic rings. The van der Waals surface area contributed by atoms with E-state index in [1.807, 2.05) is 0 Å². The molecular formula is C21H19F3N6O3S. The monoisotopic (exact) mass is 492 g/mol. The first-order chi connectivity index (χ1) is 16.1. The first-order valence-electron chi connectivity index (χ1n) is 9.91. The molecule has 3 N–H and O–H groups in total. The second-order valence-corrected chi connectivity index (χ2v) is 9.32. The van der Waals surface area contributed by atoms with Crippen LogP contribution in [0, 0.1) is 5.82 Å². The normalized spacial score (nSPS) is 12.9. The molecule has 4 rings (SSSR count). The number of hydrogen-bond donors (Lipinski definition) is 3. The van der Waals surface area contributed by atoms with E-state index < -0.39 is 34.8 Å². The molecule has 3 aromatic rings. The number of fused-ring (bicyclic) bond motifs is 1. The van der Waals surface area contributed by atoms with Crippen LogP contribution in [0.1, 0.15) is 11.1 Å². The number of benzene rings is 2. The van der Waals surface area contributed by atoms with Crippen LogP contribution >= 0.6 is 0 Å². The molecule has 2 heterocycles. The Morgan fingerprint density at radius 2 is 1.97 bits per heavy atom. The Balaban J connectivity index is 1.58. The number of nitrogens with zero attached hydrogens (tertiary/aromatic N) is 3. The number of aromatic nitrogens is 2. The van der Waals surface area contributed by atoms with E-state index in [-0.39, 0.29) is 24.0 Å². The third kappa shape index (κ3) is 5.54. The lowest BCUT2D eigenvalue weighted by Gasteiger charge is -2.23. The molecule has 178 valence electrons. The van der Waals surface area contributed by atoms with Gasteiger partial charge in [-0.25, -0.2) is 17.8 Å². The zero-order valence-electron chi connectivity index (χ0n) is 17.7. The maximum Gasteiger partial charge on any atom is 0.316 e. The first kappa shape index (κ1) is 23.3. The van der Waals surface area contributed by atoms with E-state index in [0.717, 1.165) is 18.0 Å². The predicted octanol–water partition coefficient (Wildman–Crippen LogP) is 3.45. The number of alkyl halides is 2. The fourth-order valence-electron chi connectivity index (χ4n) is 3.42. The molecular weight excluding hydrogens is 473 g/mol. The van der Waals surface area contributed by atoms with Gasteiger partial charge >= 0.3 is 6.55 Å². The van der Waals surface area contributed by atoms with Gasteiger partial charge in [0, 0.05) is 23.6 Å². The maximum atomic E-state index is 14.5. The first-order valence-corrected chi connectivity index (χ1v) is 11.8. The van der Waals surface area contributed by atoms with Gasteiger partial charge < -0.3 is 10.6 Å². The van der Waals surface area contributed by atoms with Crippen molar-refractivity contribution >= 4 is 44.8 Å². The summed E-state index contributed by atoms with van der Waals surface area (Å²) in [6, 6.07) is 10.8. The molecule has 1 aliphatic heterocycles. The standard InChI is InChI=1S/C21H19F3N6O3S/c1-34(32,33)29-15-4-2-3-12(7-15)11-30(20(23)24)19-16(22)10-25-21(28-19)26-14-6-5-13-8-18(31)27-17(13)9-14/h2-7,9-10,20,29H,8,11H2,1H3,(H,27,31)(H,25,26,28). The van der Waals surface area contributed by atoms with Crippen molar-refractivity contribution in [3.05, 3.63) is 65.6 Å². The zero-order valence-corrected chi connectivity index (χ0v) is 18.5. The second kappa shape index (κ2) is 9.17. The van der Waals surface area contributed by atoms with Crippen molar-refractivity contribution in [2.24, 2.45) is 0 Å². The molecule has 9 nitrogen and oxygen atoms in total. The summed E-state index contributed by atoms with van der Waals surface area (Å²) in [6.45, 7) is -3.56. The van der Waals surface area contributed by atoms with Crippen molar-refractivity contribution in [3.63, 3.8) is 0 Å². The van der Waals surface area contributed by atoms with Crippen LogP contribution in [0.5, 0.6) is 0 Å². The number of anilines is 5. The number of amides is 1. The van der Waals surface area contributed by atoms with E-state index in [1.165, 1.54) is 24.3 Å². The van der Waals surface area contributed by atoms with Crippen LogP contribution in [-0.2, 0) is 27.8 Å². The van der Waals surface area contributed by atoms with Crippen molar-refractivity contribution in [2.45, 2.75) is 19.5 Å². The van der Waals surface area contributed by atoms with Gasteiger partial charge in [0.05, 0.1) is 18.9 Å². The maximum absolute atomic E-state index is 14.5. The molecule has 0 saturated heterocycles. The number of halogens is 3. The summed E-state index contributed by atoms with van der Waals surface area (Å²) in [5.41, 5.74) is 2.38. The minimum absolute atomic E-state index is 0.126. The molecule has 2 aromatic carbocycles. The average Bonchev–Trinajstić information content (AvgIpc) is 3.12. The number of rotatable bonds is 8. The van der Waals surface area contributed by atoms with Crippen LogP contribution in [-0.4, -0.2) is 37.1 Å². The molecule has 0 radical (unpaired) electrons. The third-order valence-corrected chi connectivity index (χ3v) is 5.41. The van der Waals surface area contributed by atoms with Crippen molar-refractivity contribution < 1.29 is 26.4 Å². The van der Waals surface area contributed by atoms with Gasteiger partial charge in [0.25, 0.3) is 0 Å². The Labute approximate surface area is 193 Å². The topological polar surface area (TPSA) is 116 Å². The smallest absolute Gasteiger partial charge is 0.316 e. The zero-order chi connectivity index (χ0) is 24.5. The van der Waals surface area contributed by atoms with Crippen LogP contribution in [0.15, 0.2) is 48.7 Å². The number of carbonyl (C=O) groups excluding carboxylic acids is 1. The highest BCUT2D eigenvalue weighted by Gasteiger charge is 2.24. The fraction of sp³-hybridized carbons (Fsp3) is 0.190. The van der Waals surface area contributed by atoms with Crippen LogP contribution in [0.25, 0.3) is 0 Å². The van der Waals surface area contributed by atoms with Crippen molar-refractivity contribution in [3.8, 4) is 0 Å². The molecule has 0 atom stereocenters. The van der Waals surface area contributed by atoms with E-state index in [0.29, 0.717) is 21.8 Å². The van der Waals surface area contributed by atoms with Gasteiger partial charge in [-0.2, -0.15) is 13.8 Å². The Morgan fingerprint density at radius 3 is 2.71 bits per heavy atom. The lowest BCUT2D eigenvalue weighted by atomic mass is 10.1. The summed E-state index contributed by atoms with van der Waals surface area (Å²) in [5, 5.41) is 5.51. The summed E-state index contributed by atoms with van der Waals surface area (Å²) in [6.07, 6.45) is 2.00. The SMILES string of the molecule is CS(=O)(=O)Nc1cccc(CN(c2nc(Nc3ccc4c(c3)NC(=O)C4)ncc2F)C(F)F)c1. The Kier molecular flexibility index (Phi) is 6.28. The summed E-state index contributed by atoms with van der Waals surface area (Å²) in [5.74, 6) is -1.96. The third-order valence-electron chi connectivity index (χ3n) is 4.81. The van der Waals surface area contributed by atoms with E-state index >= 15 is 0 Å². The molecule has 34 heavy (non-hydrogen) atoms. The summed E-state index contributed by atoms with van der Waals surface area (Å²) < 4.78 is 67.4. The van der Waals surface area contributed by atoms with Crippen molar-refractivity contribution in [2.75, 3.05) is 26.5 Å². The largest absolute Gasteiger partial charge is 0.325 e. The van der Waals surface area contributed by atoms with Gasteiger partial charge in [-0.3, -0.25) is 14.4 Å².